The minimum absolute atomic E-state index is 0.777. The molecule has 2 aromatic rings. The maximum atomic E-state index is 4.52. The van der Waals surface area contributed by atoms with Crippen LogP contribution in [0.1, 0.15) is 37.9 Å². The molecule has 4 heterocycles. The SMILES string of the molecule is CN=C(NCCCc1nnc2ccccn12)N1CCC(CN2CCCCC2)C1. The van der Waals surface area contributed by atoms with Crippen LogP contribution in [0.2, 0.25) is 0 Å². The topological polar surface area (TPSA) is 61.1 Å². The summed E-state index contributed by atoms with van der Waals surface area (Å²) in [4.78, 5) is 9.62. The van der Waals surface area contributed by atoms with E-state index in [1.54, 1.807) is 0 Å². The lowest BCUT2D eigenvalue weighted by molar-refractivity contribution is 0.198. The van der Waals surface area contributed by atoms with Crippen LogP contribution in [-0.2, 0) is 6.42 Å². The van der Waals surface area contributed by atoms with Gasteiger partial charge in [-0.3, -0.25) is 9.39 Å². The number of rotatable bonds is 6. The van der Waals surface area contributed by atoms with Crippen molar-refractivity contribution in [1.29, 1.82) is 0 Å². The molecular weight excluding hydrogens is 350 g/mol. The van der Waals surface area contributed by atoms with E-state index in [2.05, 4.69) is 34.7 Å². The number of piperidine rings is 1. The van der Waals surface area contributed by atoms with Gasteiger partial charge in [-0.05, 0) is 56.8 Å². The summed E-state index contributed by atoms with van der Waals surface area (Å²) in [6, 6.07) is 6.01. The van der Waals surface area contributed by atoms with E-state index in [1.807, 2.05) is 31.4 Å². The highest BCUT2D eigenvalue weighted by atomic mass is 15.3. The monoisotopic (exact) mass is 383 g/mol. The highest BCUT2D eigenvalue weighted by Crippen LogP contribution is 2.19. The Morgan fingerprint density at radius 3 is 2.93 bits per heavy atom. The summed E-state index contributed by atoms with van der Waals surface area (Å²) in [5.41, 5.74) is 0.915. The summed E-state index contributed by atoms with van der Waals surface area (Å²) in [5, 5.41) is 12.1. The van der Waals surface area contributed by atoms with E-state index >= 15 is 0 Å². The maximum absolute atomic E-state index is 4.52. The van der Waals surface area contributed by atoms with Gasteiger partial charge in [0.25, 0.3) is 0 Å². The van der Waals surface area contributed by atoms with Gasteiger partial charge in [-0.25, -0.2) is 0 Å². The molecule has 0 aliphatic carbocycles. The molecule has 1 atom stereocenters. The van der Waals surface area contributed by atoms with Crippen molar-refractivity contribution in [2.45, 2.75) is 38.5 Å². The molecule has 2 aromatic heterocycles. The molecule has 28 heavy (non-hydrogen) atoms. The van der Waals surface area contributed by atoms with E-state index in [9.17, 15) is 0 Å². The standard InChI is InChI=1S/C21H33N7/c1-22-21(27-15-10-18(17-27)16-26-12-4-2-5-13-26)23-11-7-9-20-25-24-19-8-3-6-14-28(19)20/h3,6,8,14,18H,2,4-5,7,9-13,15-17H2,1H3,(H,22,23). The highest BCUT2D eigenvalue weighted by Gasteiger charge is 2.26. The van der Waals surface area contributed by atoms with Gasteiger partial charge in [-0.1, -0.05) is 12.5 Å². The molecule has 152 valence electrons. The molecule has 0 amide bonds. The van der Waals surface area contributed by atoms with Crippen LogP contribution in [0.5, 0.6) is 0 Å². The van der Waals surface area contributed by atoms with Crippen LogP contribution >= 0.6 is 0 Å². The first-order valence-corrected chi connectivity index (χ1v) is 10.8. The average Bonchev–Trinajstić information content (AvgIpc) is 3.36. The normalized spacial score (nSPS) is 21.5. The van der Waals surface area contributed by atoms with Gasteiger partial charge in [0.05, 0.1) is 0 Å². The second kappa shape index (κ2) is 9.37. The number of hydrogen-bond acceptors (Lipinski definition) is 4. The lowest BCUT2D eigenvalue weighted by Crippen LogP contribution is -2.41. The smallest absolute Gasteiger partial charge is 0.193 e. The number of nitrogens with one attached hydrogen (secondary N) is 1. The van der Waals surface area contributed by atoms with Crippen LogP contribution < -0.4 is 5.32 Å². The Balaban J connectivity index is 1.20. The number of nitrogens with zero attached hydrogens (tertiary/aromatic N) is 6. The summed E-state index contributed by atoms with van der Waals surface area (Å²) < 4.78 is 2.07. The number of aliphatic imine (C=N–C) groups is 1. The van der Waals surface area contributed by atoms with Crippen molar-refractivity contribution < 1.29 is 0 Å². The van der Waals surface area contributed by atoms with Gasteiger partial charge in [0.2, 0.25) is 0 Å². The first kappa shape index (κ1) is 19.2. The Labute approximate surface area is 167 Å². The van der Waals surface area contributed by atoms with Gasteiger partial charge in [-0.15, -0.1) is 10.2 Å². The van der Waals surface area contributed by atoms with E-state index in [0.717, 1.165) is 55.8 Å². The third-order valence-electron chi connectivity index (χ3n) is 6.01. The molecule has 1 unspecified atom stereocenters. The Morgan fingerprint density at radius 1 is 1.18 bits per heavy atom. The number of hydrogen-bond donors (Lipinski definition) is 1. The van der Waals surface area contributed by atoms with Crippen molar-refractivity contribution in [3.8, 4) is 0 Å². The number of fused-ring (bicyclic) bond motifs is 1. The molecule has 2 aliphatic rings. The minimum atomic E-state index is 0.777. The quantitative estimate of drug-likeness (QED) is 0.470. The van der Waals surface area contributed by atoms with E-state index in [4.69, 9.17) is 0 Å². The number of pyridine rings is 1. The summed E-state index contributed by atoms with van der Waals surface area (Å²) in [7, 11) is 1.90. The summed E-state index contributed by atoms with van der Waals surface area (Å²) in [6.45, 7) is 6.99. The molecule has 0 spiro atoms. The largest absolute Gasteiger partial charge is 0.356 e. The summed E-state index contributed by atoms with van der Waals surface area (Å²) in [5.74, 6) is 2.85. The van der Waals surface area contributed by atoms with Crippen molar-refractivity contribution in [3.63, 3.8) is 0 Å². The molecular formula is C21H33N7. The lowest BCUT2D eigenvalue weighted by Gasteiger charge is -2.29. The number of aromatic nitrogens is 3. The fraction of sp³-hybridized carbons (Fsp3) is 0.667. The molecule has 0 bridgehead atoms. The average molecular weight is 384 g/mol. The van der Waals surface area contributed by atoms with Gasteiger partial charge in [-0.2, -0.15) is 0 Å². The summed E-state index contributed by atoms with van der Waals surface area (Å²) in [6.07, 6.45) is 9.40. The number of likely N-dealkylation sites (tertiary alicyclic amines) is 2. The molecule has 0 aromatic carbocycles. The van der Waals surface area contributed by atoms with E-state index in [1.165, 1.54) is 45.3 Å². The van der Waals surface area contributed by atoms with Crippen LogP contribution in [-0.4, -0.2) is 76.7 Å². The van der Waals surface area contributed by atoms with Crippen LogP contribution in [0, 0.1) is 5.92 Å². The Hall–Kier alpha value is -2.15. The zero-order valence-corrected chi connectivity index (χ0v) is 17.1. The Morgan fingerprint density at radius 2 is 2.07 bits per heavy atom. The maximum Gasteiger partial charge on any atom is 0.193 e. The first-order chi connectivity index (χ1) is 13.8. The first-order valence-electron chi connectivity index (χ1n) is 10.8. The second-order valence-electron chi connectivity index (χ2n) is 8.08. The minimum Gasteiger partial charge on any atom is -0.356 e. The second-order valence-corrected chi connectivity index (χ2v) is 8.08. The van der Waals surface area contributed by atoms with Crippen molar-refractivity contribution >= 4 is 11.6 Å². The third kappa shape index (κ3) is 4.63. The van der Waals surface area contributed by atoms with Crippen LogP contribution in [0.25, 0.3) is 5.65 Å². The van der Waals surface area contributed by atoms with Crippen molar-refractivity contribution in [2.24, 2.45) is 10.9 Å². The predicted molar refractivity (Wildman–Crippen MR) is 113 cm³/mol. The van der Waals surface area contributed by atoms with Crippen molar-refractivity contribution in [1.82, 2.24) is 29.7 Å². The predicted octanol–water partition coefficient (Wildman–Crippen LogP) is 2.05. The van der Waals surface area contributed by atoms with Crippen LogP contribution in [0.15, 0.2) is 29.4 Å². The van der Waals surface area contributed by atoms with Gasteiger partial charge < -0.3 is 15.1 Å². The fourth-order valence-corrected chi connectivity index (χ4v) is 4.52. The van der Waals surface area contributed by atoms with E-state index < -0.39 is 0 Å². The zero-order chi connectivity index (χ0) is 19.2. The fourth-order valence-electron chi connectivity index (χ4n) is 4.52. The van der Waals surface area contributed by atoms with E-state index in [-0.39, 0.29) is 0 Å². The lowest BCUT2D eigenvalue weighted by atomic mass is 10.1. The Bertz CT molecular complexity index is 778. The molecule has 7 heteroatoms. The van der Waals surface area contributed by atoms with Gasteiger partial charge >= 0.3 is 0 Å². The molecule has 4 rings (SSSR count). The number of guanidine groups is 1. The van der Waals surface area contributed by atoms with Gasteiger partial charge in [0, 0.05) is 45.8 Å². The van der Waals surface area contributed by atoms with Gasteiger partial charge in [0.1, 0.15) is 5.82 Å². The molecule has 7 nitrogen and oxygen atoms in total. The van der Waals surface area contributed by atoms with Crippen LogP contribution in [0.4, 0.5) is 0 Å². The molecule has 2 saturated heterocycles. The zero-order valence-electron chi connectivity index (χ0n) is 17.1. The molecule has 0 radical (unpaired) electrons. The summed E-state index contributed by atoms with van der Waals surface area (Å²) >= 11 is 0. The highest BCUT2D eigenvalue weighted by molar-refractivity contribution is 5.80. The van der Waals surface area contributed by atoms with E-state index in [0.29, 0.717) is 0 Å². The molecule has 1 N–H and O–H groups in total. The van der Waals surface area contributed by atoms with Crippen molar-refractivity contribution in [2.75, 3.05) is 46.3 Å². The Kier molecular flexibility index (Phi) is 6.41. The van der Waals surface area contributed by atoms with Gasteiger partial charge in [0.15, 0.2) is 11.6 Å². The third-order valence-corrected chi connectivity index (χ3v) is 6.01. The van der Waals surface area contributed by atoms with Crippen molar-refractivity contribution in [3.05, 3.63) is 30.2 Å². The number of aryl methyl sites for hydroxylation is 1. The molecule has 2 aliphatic heterocycles. The molecule has 0 saturated carbocycles. The molecule has 2 fully saturated rings. The van der Waals surface area contributed by atoms with Crippen LogP contribution in [0.3, 0.4) is 0 Å².